The predicted octanol–water partition coefficient (Wildman–Crippen LogP) is 3.30. The van der Waals surface area contributed by atoms with Crippen molar-refractivity contribution in [3.8, 4) is 0 Å². The Bertz CT molecular complexity index is 1170. The van der Waals surface area contributed by atoms with Crippen LogP contribution in [0.1, 0.15) is 23.5 Å². The van der Waals surface area contributed by atoms with Gasteiger partial charge < -0.3 is 24.6 Å². The average Bonchev–Trinajstić information content (AvgIpc) is 3.35. The first-order chi connectivity index (χ1) is 16.8. The molecule has 2 aliphatic rings. The van der Waals surface area contributed by atoms with Crippen molar-refractivity contribution in [1.82, 2.24) is 15.2 Å². The normalized spacial score (nSPS) is 22.9. The van der Waals surface area contributed by atoms with Gasteiger partial charge in [-0.15, -0.1) is 11.3 Å². The highest BCUT2D eigenvalue weighted by Gasteiger charge is 2.38. The molecule has 35 heavy (non-hydrogen) atoms. The van der Waals surface area contributed by atoms with Crippen molar-refractivity contribution in [1.29, 1.82) is 0 Å². The van der Waals surface area contributed by atoms with Crippen molar-refractivity contribution in [3.63, 3.8) is 0 Å². The van der Waals surface area contributed by atoms with Gasteiger partial charge in [-0.2, -0.15) is 0 Å². The molecule has 2 N–H and O–H groups in total. The third kappa shape index (κ3) is 5.53. The zero-order valence-corrected chi connectivity index (χ0v) is 21.1. The Hall–Kier alpha value is -2.87. The smallest absolute Gasteiger partial charge is 0.466 e. The lowest BCUT2D eigenvalue weighted by Gasteiger charge is -2.39. The standard InChI is InChI=1S/C22H22BrFN4O6S/c1-11-20(34-22(30)31)28(6-7-33-11)10-15-16(21(29)32-2)17(13-4-3-12(24)9-14(13)23)27-18(26-15)19-25-5-8-35-19/h3-5,8-9,11,17,20H,6-7,10H2,1-2H3,(H,26,27)(H,30,31)/t11-,17+,20+/m1/s1. The van der Waals surface area contributed by atoms with Gasteiger partial charge in [0.05, 0.1) is 19.3 Å². The maximum absolute atomic E-state index is 13.8. The van der Waals surface area contributed by atoms with Gasteiger partial charge in [-0.3, -0.25) is 9.89 Å². The molecule has 0 saturated carbocycles. The number of halogens is 2. The van der Waals surface area contributed by atoms with Crippen LogP contribution in [0.25, 0.3) is 0 Å². The van der Waals surface area contributed by atoms with Crippen molar-refractivity contribution >= 4 is 45.2 Å². The second kappa shape index (κ2) is 10.8. The first kappa shape index (κ1) is 25.2. The molecule has 186 valence electrons. The number of nitrogens with one attached hydrogen (secondary N) is 1. The second-order valence-corrected chi connectivity index (χ2v) is 9.46. The molecule has 10 nitrogen and oxygen atoms in total. The van der Waals surface area contributed by atoms with Crippen LogP contribution in [0.4, 0.5) is 9.18 Å². The Morgan fingerprint density at radius 2 is 2.23 bits per heavy atom. The van der Waals surface area contributed by atoms with Crippen molar-refractivity contribution in [2.45, 2.75) is 25.3 Å². The molecule has 1 fully saturated rings. The Morgan fingerprint density at radius 3 is 2.89 bits per heavy atom. The molecule has 0 unspecified atom stereocenters. The fraction of sp³-hybridized carbons (Fsp3) is 0.364. The Balaban J connectivity index is 1.81. The molecule has 2 aromatic rings. The first-order valence-corrected chi connectivity index (χ1v) is 12.2. The first-order valence-electron chi connectivity index (χ1n) is 10.5. The molecule has 1 aromatic carbocycles. The van der Waals surface area contributed by atoms with Gasteiger partial charge in [-0.1, -0.05) is 22.0 Å². The molecule has 13 heteroatoms. The Morgan fingerprint density at radius 1 is 1.43 bits per heavy atom. The molecule has 4 rings (SSSR count). The average molecular weight is 569 g/mol. The van der Waals surface area contributed by atoms with Gasteiger partial charge in [0, 0.05) is 34.8 Å². The van der Waals surface area contributed by atoms with E-state index in [0.717, 1.165) is 0 Å². The van der Waals surface area contributed by atoms with Crippen molar-refractivity contribution in [3.05, 3.63) is 61.9 Å². The number of amidine groups is 1. The van der Waals surface area contributed by atoms with Crippen molar-refractivity contribution in [2.75, 3.05) is 26.8 Å². The fourth-order valence-electron chi connectivity index (χ4n) is 3.98. The second-order valence-electron chi connectivity index (χ2n) is 7.71. The lowest BCUT2D eigenvalue weighted by molar-refractivity contribution is -0.155. The maximum Gasteiger partial charge on any atom is 0.507 e. The van der Waals surface area contributed by atoms with E-state index < -0.39 is 36.3 Å². The molecular weight excluding hydrogens is 547 g/mol. The number of ether oxygens (including phenoxy) is 3. The van der Waals surface area contributed by atoms with E-state index in [-0.39, 0.29) is 12.1 Å². The van der Waals surface area contributed by atoms with E-state index in [1.807, 2.05) is 0 Å². The van der Waals surface area contributed by atoms with Gasteiger partial charge in [0.25, 0.3) is 0 Å². The highest BCUT2D eigenvalue weighted by Crippen LogP contribution is 2.37. The molecule has 0 bridgehead atoms. The topological polar surface area (TPSA) is 123 Å². The van der Waals surface area contributed by atoms with E-state index in [4.69, 9.17) is 19.2 Å². The minimum Gasteiger partial charge on any atom is -0.466 e. The van der Waals surface area contributed by atoms with Crippen LogP contribution in [-0.2, 0) is 19.0 Å². The number of carboxylic acid groups (broad SMARTS) is 1. The van der Waals surface area contributed by atoms with E-state index in [2.05, 4.69) is 26.2 Å². The number of hydrogen-bond acceptors (Lipinski definition) is 10. The Kier molecular flexibility index (Phi) is 7.79. The van der Waals surface area contributed by atoms with Crippen LogP contribution < -0.4 is 5.32 Å². The third-order valence-electron chi connectivity index (χ3n) is 5.53. The minimum absolute atomic E-state index is 0.107. The van der Waals surface area contributed by atoms with Crippen LogP contribution in [0, 0.1) is 5.82 Å². The Labute approximate surface area is 212 Å². The van der Waals surface area contributed by atoms with E-state index in [1.54, 1.807) is 29.5 Å². The van der Waals surface area contributed by atoms with Crippen LogP contribution in [0.5, 0.6) is 0 Å². The van der Waals surface area contributed by atoms with Gasteiger partial charge in [-0.05, 0) is 24.6 Å². The molecule has 0 radical (unpaired) electrons. The zero-order valence-electron chi connectivity index (χ0n) is 18.7. The lowest BCUT2D eigenvalue weighted by Crippen LogP contribution is -2.54. The van der Waals surface area contributed by atoms with Crippen molar-refractivity contribution < 1.29 is 33.3 Å². The number of carbonyl (C=O) groups is 2. The molecule has 0 amide bonds. The molecule has 2 aliphatic heterocycles. The van der Waals surface area contributed by atoms with E-state index in [1.165, 1.54) is 30.6 Å². The van der Waals surface area contributed by atoms with Crippen molar-refractivity contribution in [2.24, 2.45) is 4.99 Å². The minimum atomic E-state index is -1.44. The fourth-order valence-corrected chi connectivity index (χ4v) is 5.13. The summed E-state index contributed by atoms with van der Waals surface area (Å²) in [5.41, 5.74) is 1.19. The number of methoxy groups -OCH3 is 1. The summed E-state index contributed by atoms with van der Waals surface area (Å²) in [7, 11) is 1.26. The van der Waals surface area contributed by atoms with Crippen LogP contribution in [0.3, 0.4) is 0 Å². The highest BCUT2D eigenvalue weighted by molar-refractivity contribution is 9.10. The number of benzene rings is 1. The number of carbonyl (C=O) groups excluding carboxylic acids is 1. The maximum atomic E-state index is 13.8. The SMILES string of the molecule is COC(=O)C1=C(CN2CCO[C@H](C)[C@@H]2OC(=O)O)NC(c2nccs2)=N[C@H]1c1ccc(F)cc1Br. The lowest BCUT2D eigenvalue weighted by atomic mass is 9.95. The summed E-state index contributed by atoms with van der Waals surface area (Å²) in [5, 5.41) is 14.8. The summed E-state index contributed by atoms with van der Waals surface area (Å²) in [6.07, 6.45) is -1.23. The summed E-state index contributed by atoms with van der Waals surface area (Å²) in [5.74, 6) is -0.660. The molecule has 3 atom stereocenters. The predicted molar refractivity (Wildman–Crippen MR) is 128 cm³/mol. The van der Waals surface area contributed by atoms with Gasteiger partial charge in [0.2, 0.25) is 0 Å². The summed E-state index contributed by atoms with van der Waals surface area (Å²) in [6.45, 7) is 2.53. The van der Waals surface area contributed by atoms with Gasteiger partial charge in [0.1, 0.15) is 18.0 Å². The molecule has 0 spiro atoms. The van der Waals surface area contributed by atoms with E-state index >= 15 is 0 Å². The van der Waals surface area contributed by atoms with Crippen LogP contribution in [-0.4, -0.2) is 72.1 Å². The molecule has 1 saturated heterocycles. The van der Waals surface area contributed by atoms with Crippen LogP contribution >= 0.6 is 27.3 Å². The number of thiazole rings is 1. The van der Waals surface area contributed by atoms with Crippen LogP contribution in [0.15, 0.2) is 50.5 Å². The summed E-state index contributed by atoms with van der Waals surface area (Å²) in [4.78, 5) is 35.2. The molecule has 3 heterocycles. The number of aromatic nitrogens is 1. The van der Waals surface area contributed by atoms with Gasteiger partial charge in [0.15, 0.2) is 17.1 Å². The molecular formula is C22H22BrFN4O6S. The quantitative estimate of drug-likeness (QED) is 0.505. The number of hydrogen-bond donors (Lipinski definition) is 2. The van der Waals surface area contributed by atoms with Gasteiger partial charge in [-0.25, -0.2) is 19.0 Å². The van der Waals surface area contributed by atoms with Crippen LogP contribution in [0.2, 0.25) is 0 Å². The zero-order chi connectivity index (χ0) is 25.1. The number of morpholine rings is 1. The number of nitrogens with zero attached hydrogens (tertiary/aromatic N) is 3. The summed E-state index contributed by atoms with van der Waals surface area (Å²) >= 11 is 4.74. The largest absolute Gasteiger partial charge is 0.507 e. The van der Waals surface area contributed by atoms with E-state index in [9.17, 15) is 19.1 Å². The number of aliphatic imine (C=N–C) groups is 1. The summed E-state index contributed by atoms with van der Waals surface area (Å²) in [6, 6.07) is 3.29. The summed E-state index contributed by atoms with van der Waals surface area (Å²) < 4.78 is 30.0. The number of rotatable bonds is 6. The molecule has 1 aromatic heterocycles. The molecule has 0 aliphatic carbocycles. The third-order valence-corrected chi connectivity index (χ3v) is 6.99. The monoisotopic (exact) mass is 568 g/mol. The highest BCUT2D eigenvalue weighted by atomic mass is 79.9. The number of esters is 1. The van der Waals surface area contributed by atoms with E-state index in [0.29, 0.717) is 39.7 Å². The van der Waals surface area contributed by atoms with Gasteiger partial charge >= 0.3 is 12.1 Å².